The van der Waals surface area contributed by atoms with Crippen molar-refractivity contribution in [2.75, 3.05) is 0 Å². The van der Waals surface area contributed by atoms with Gasteiger partial charge < -0.3 is 4.57 Å². The van der Waals surface area contributed by atoms with Crippen molar-refractivity contribution in [2.24, 2.45) is 0 Å². The van der Waals surface area contributed by atoms with Crippen LogP contribution in [0, 0.1) is 0 Å². The average Bonchev–Trinajstić information content (AvgIpc) is 3.89. The van der Waals surface area contributed by atoms with Crippen LogP contribution in [0.15, 0.2) is 164 Å². The molecule has 0 aliphatic heterocycles. The summed E-state index contributed by atoms with van der Waals surface area (Å²) in [5.74, 6) is 0.666. The first-order valence-electron chi connectivity index (χ1n) is 20.7. The Morgan fingerprint density at radius 1 is 0.542 bits per heavy atom. The van der Waals surface area contributed by atoms with Crippen molar-refractivity contribution in [1.82, 2.24) is 19.1 Å². The normalized spacial score (nSPS) is 14.2. The van der Waals surface area contributed by atoms with Gasteiger partial charge in [0.15, 0.2) is 0 Å². The van der Waals surface area contributed by atoms with Gasteiger partial charge in [0.05, 0.1) is 27.8 Å². The molecule has 278 valence electrons. The van der Waals surface area contributed by atoms with Crippen molar-refractivity contribution >= 4 is 71.2 Å². The molecule has 4 nitrogen and oxygen atoms in total. The van der Waals surface area contributed by atoms with E-state index in [1.54, 1.807) is 0 Å². The molecule has 3 aromatic heterocycles. The van der Waals surface area contributed by atoms with E-state index in [0.29, 0.717) is 5.95 Å². The Balaban J connectivity index is 1.15. The fourth-order valence-corrected chi connectivity index (χ4v) is 10.7. The summed E-state index contributed by atoms with van der Waals surface area (Å²) in [6.45, 7) is 4.68. The topological polar surface area (TPSA) is 35.6 Å². The molecule has 0 N–H and O–H groups in total. The lowest BCUT2D eigenvalue weighted by Crippen LogP contribution is -2.14. The summed E-state index contributed by atoms with van der Waals surface area (Å²) in [5, 5.41) is 9.72. The van der Waals surface area contributed by atoms with Gasteiger partial charge in [0.2, 0.25) is 5.95 Å². The van der Waals surface area contributed by atoms with Gasteiger partial charge in [-0.25, -0.2) is 9.97 Å². The fraction of sp³-hybridized carbons (Fsp3) is 0.0909. The molecule has 0 bridgehead atoms. The highest BCUT2D eigenvalue weighted by Crippen LogP contribution is 2.52. The van der Waals surface area contributed by atoms with Crippen LogP contribution in [0.25, 0.3) is 105 Å². The zero-order valence-electron chi connectivity index (χ0n) is 32.9. The molecule has 0 atom stereocenters. The predicted octanol–water partition coefficient (Wildman–Crippen LogP) is 13.9. The van der Waals surface area contributed by atoms with E-state index in [1.165, 1.54) is 76.7 Å². The first-order chi connectivity index (χ1) is 29.0. The second kappa shape index (κ2) is 11.9. The van der Waals surface area contributed by atoms with Crippen molar-refractivity contribution < 1.29 is 0 Å². The lowest BCUT2D eigenvalue weighted by molar-refractivity contribution is 0.660. The Kier molecular flexibility index (Phi) is 6.59. The van der Waals surface area contributed by atoms with E-state index in [4.69, 9.17) is 9.97 Å². The zero-order chi connectivity index (χ0) is 39.0. The van der Waals surface area contributed by atoms with Gasteiger partial charge >= 0.3 is 0 Å². The maximum atomic E-state index is 5.68. The Morgan fingerprint density at radius 3 is 2.15 bits per heavy atom. The predicted molar refractivity (Wildman–Crippen MR) is 246 cm³/mol. The summed E-state index contributed by atoms with van der Waals surface area (Å²) in [6.07, 6.45) is 6.73. The average molecular weight is 755 g/mol. The van der Waals surface area contributed by atoms with E-state index in [9.17, 15) is 0 Å². The van der Waals surface area contributed by atoms with Crippen molar-refractivity contribution in [1.29, 1.82) is 0 Å². The Labute approximate surface area is 341 Å². The number of benzene rings is 8. The number of nitrogens with zero attached hydrogens (tertiary/aromatic N) is 4. The number of allylic oxidation sites excluding steroid dienone is 1. The van der Waals surface area contributed by atoms with Gasteiger partial charge in [0.1, 0.15) is 0 Å². The minimum atomic E-state index is -0.125. The van der Waals surface area contributed by atoms with E-state index in [1.807, 2.05) is 0 Å². The number of hydrogen-bond donors (Lipinski definition) is 0. The molecule has 2 aliphatic carbocycles. The molecule has 2 aliphatic rings. The highest BCUT2D eigenvalue weighted by atomic mass is 15.2. The van der Waals surface area contributed by atoms with Gasteiger partial charge in [0.25, 0.3) is 0 Å². The molecule has 3 heterocycles. The van der Waals surface area contributed by atoms with Crippen molar-refractivity contribution in [3.8, 4) is 34.0 Å². The summed E-state index contributed by atoms with van der Waals surface area (Å²) in [6, 6.07) is 57.8. The third-order valence-corrected chi connectivity index (χ3v) is 13.4. The van der Waals surface area contributed by atoms with Gasteiger partial charge in [-0.3, -0.25) is 4.57 Å². The molecular weight excluding hydrogens is 717 g/mol. The van der Waals surface area contributed by atoms with Crippen LogP contribution in [0.4, 0.5) is 0 Å². The Bertz CT molecular complexity index is 3650. The number of para-hydroxylation sites is 1. The summed E-state index contributed by atoms with van der Waals surface area (Å²) in [4.78, 5) is 11.1. The largest absolute Gasteiger partial charge is 0.309 e. The van der Waals surface area contributed by atoms with E-state index in [0.717, 1.165) is 51.7 Å². The molecule has 13 rings (SSSR count). The summed E-state index contributed by atoms with van der Waals surface area (Å²) < 4.78 is 4.82. The summed E-state index contributed by atoms with van der Waals surface area (Å²) in [5.41, 5.74) is 15.4. The maximum Gasteiger partial charge on any atom is 0.235 e. The fourth-order valence-electron chi connectivity index (χ4n) is 10.7. The zero-order valence-corrected chi connectivity index (χ0v) is 32.9. The van der Waals surface area contributed by atoms with Crippen LogP contribution >= 0.6 is 0 Å². The van der Waals surface area contributed by atoms with Crippen molar-refractivity contribution in [3.63, 3.8) is 0 Å². The summed E-state index contributed by atoms with van der Waals surface area (Å²) >= 11 is 0. The minimum Gasteiger partial charge on any atom is -0.309 e. The second-order valence-electron chi connectivity index (χ2n) is 16.8. The van der Waals surface area contributed by atoms with Crippen LogP contribution in [0.5, 0.6) is 0 Å². The van der Waals surface area contributed by atoms with Crippen LogP contribution in [0.3, 0.4) is 0 Å². The second-order valence-corrected chi connectivity index (χ2v) is 16.8. The molecule has 0 fully saturated rings. The lowest BCUT2D eigenvalue weighted by atomic mass is 9.82. The maximum absolute atomic E-state index is 5.68. The van der Waals surface area contributed by atoms with Gasteiger partial charge in [-0.1, -0.05) is 153 Å². The molecule has 11 aromatic rings. The van der Waals surface area contributed by atoms with Crippen molar-refractivity contribution in [2.45, 2.75) is 32.1 Å². The number of rotatable bonds is 3. The highest BCUT2D eigenvalue weighted by Gasteiger charge is 2.37. The number of aryl methyl sites for hydroxylation is 1. The van der Waals surface area contributed by atoms with Gasteiger partial charge in [-0.2, -0.15) is 0 Å². The first-order valence-corrected chi connectivity index (χ1v) is 20.7. The summed E-state index contributed by atoms with van der Waals surface area (Å²) in [7, 11) is 0. The quantitative estimate of drug-likeness (QED) is 0.180. The molecule has 0 unspecified atom stereocenters. The number of hydrogen-bond acceptors (Lipinski definition) is 2. The van der Waals surface area contributed by atoms with Crippen LogP contribution in [-0.2, 0) is 11.8 Å². The van der Waals surface area contributed by atoms with Crippen molar-refractivity contribution in [3.05, 3.63) is 186 Å². The van der Waals surface area contributed by atoms with E-state index in [-0.39, 0.29) is 5.41 Å². The van der Waals surface area contributed by atoms with Gasteiger partial charge in [0, 0.05) is 49.3 Å². The highest BCUT2D eigenvalue weighted by molar-refractivity contribution is 6.21. The lowest BCUT2D eigenvalue weighted by Gasteiger charge is -2.21. The molecule has 0 saturated carbocycles. The van der Waals surface area contributed by atoms with Crippen LogP contribution in [-0.4, -0.2) is 19.1 Å². The molecule has 0 radical (unpaired) electrons. The molecular formula is C55H38N4. The number of aromatic nitrogens is 4. The molecule has 0 spiro atoms. The smallest absolute Gasteiger partial charge is 0.235 e. The third kappa shape index (κ3) is 4.43. The third-order valence-electron chi connectivity index (χ3n) is 13.4. The van der Waals surface area contributed by atoms with Gasteiger partial charge in [-0.15, -0.1) is 0 Å². The Morgan fingerprint density at radius 2 is 1.25 bits per heavy atom. The van der Waals surface area contributed by atoms with Crippen LogP contribution < -0.4 is 0 Å². The number of fused-ring (bicyclic) bond motifs is 14. The van der Waals surface area contributed by atoms with E-state index >= 15 is 0 Å². The monoisotopic (exact) mass is 754 g/mol. The Hall–Kier alpha value is -7.30. The van der Waals surface area contributed by atoms with Crippen LogP contribution in [0.2, 0.25) is 0 Å². The van der Waals surface area contributed by atoms with Crippen LogP contribution in [0.1, 0.15) is 42.7 Å². The molecule has 59 heavy (non-hydrogen) atoms. The molecule has 0 amide bonds. The first kappa shape index (κ1) is 32.8. The van der Waals surface area contributed by atoms with E-state index in [2.05, 4.69) is 193 Å². The molecule has 8 aromatic carbocycles. The standard InChI is InChI=1S/C55H38N4/c1-55(2)44-22-10-7-19-40(44)50-43(21-13-23-45(50)55)52-41-20-8-11-24-46(41)56-54(57-52)59-48-31-27-33-14-3-5-16-36(33)51(48)42-30-28-35(32-49(42)59)58-47-25-12-9-18-38(47)39-29-26-34-15-4-6-17-37(34)53(39)58/h3-8,10-17,19-32H,9,18H2,1-2H3. The molecule has 4 heteroatoms. The minimum absolute atomic E-state index is 0.125. The SMILES string of the molecule is CC1(C)c2ccccc2-c2c(-c3nc(-n4c5cc(-n6c7c(c8ccc9ccccc9c86)CCC=C7)ccc5c5c6ccccc6ccc54)nc4ccccc34)cccc21. The van der Waals surface area contributed by atoms with Gasteiger partial charge in [-0.05, 0) is 87.2 Å². The van der Waals surface area contributed by atoms with E-state index < -0.39 is 0 Å². The molecule has 0 saturated heterocycles.